The molecule has 21 heavy (non-hydrogen) atoms. The van der Waals surface area contributed by atoms with E-state index in [0.29, 0.717) is 5.92 Å². The van der Waals surface area contributed by atoms with Crippen LogP contribution in [0.1, 0.15) is 38.8 Å². The molecule has 0 unspecified atom stereocenters. The van der Waals surface area contributed by atoms with Crippen molar-refractivity contribution in [1.82, 2.24) is 0 Å². The summed E-state index contributed by atoms with van der Waals surface area (Å²) < 4.78 is 33.3. The summed E-state index contributed by atoms with van der Waals surface area (Å²) in [5.74, 6) is -1.27. The maximum atomic E-state index is 13.9. The predicted molar refractivity (Wildman–Crippen MR) is 80.2 cm³/mol. The molecule has 1 aromatic rings. The van der Waals surface area contributed by atoms with Gasteiger partial charge in [0.05, 0.1) is 0 Å². The van der Waals surface area contributed by atoms with Crippen LogP contribution in [0.15, 0.2) is 18.7 Å². The minimum Gasteiger partial charge on any atom is -0.539 e. The molecule has 0 amide bonds. The van der Waals surface area contributed by atoms with Gasteiger partial charge in [0.1, 0.15) is 29.0 Å². The number of rotatable bonds is 6. The van der Waals surface area contributed by atoms with E-state index in [-0.39, 0.29) is 38.1 Å². The Morgan fingerprint density at radius 2 is 2.05 bits per heavy atom. The highest BCUT2D eigenvalue weighted by atomic mass is 28.2. The number of nitrogens with zero attached hydrogens (tertiary/aromatic N) is 1. The Bertz CT molecular complexity index is 577. The molecule has 0 atom stereocenters. The van der Waals surface area contributed by atoms with Gasteiger partial charge in [-0.1, -0.05) is 33.8 Å². The van der Waals surface area contributed by atoms with Crippen molar-refractivity contribution in [2.24, 2.45) is 5.92 Å². The van der Waals surface area contributed by atoms with Crippen molar-refractivity contribution >= 4 is 9.76 Å². The van der Waals surface area contributed by atoms with E-state index in [4.69, 9.17) is 9.69 Å². The molecule has 0 aliphatic rings. The van der Waals surface area contributed by atoms with E-state index >= 15 is 0 Å². The van der Waals surface area contributed by atoms with Gasteiger partial charge in [0, 0.05) is 11.6 Å². The number of nitriles is 1. The van der Waals surface area contributed by atoms with E-state index in [0.717, 1.165) is 6.07 Å². The standard InChI is InChI=1S/C16H19F2NOSi/c1-6-7-11-13(17)8-14(18)12(9-19)15(11)20-21-16(4,5)10(2)3/h6,8,10H,1,7H2,2-5H3. The van der Waals surface area contributed by atoms with Crippen LogP contribution in [0.25, 0.3) is 0 Å². The molecule has 0 aliphatic heterocycles. The molecule has 112 valence electrons. The van der Waals surface area contributed by atoms with Crippen LogP contribution < -0.4 is 4.43 Å². The van der Waals surface area contributed by atoms with Gasteiger partial charge in [-0.15, -0.1) is 6.58 Å². The summed E-state index contributed by atoms with van der Waals surface area (Å²) in [7, 11) is -0.00908. The number of allylic oxidation sites excluding steroid dienone is 1. The summed E-state index contributed by atoms with van der Waals surface area (Å²) in [5, 5.41) is 8.95. The Kier molecular flexibility index (Phi) is 5.67. The third-order valence-electron chi connectivity index (χ3n) is 3.60. The fourth-order valence-electron chi connectivity index (χ4n) is 1.49. The monoisotopic (exact) mass is 307 g/mol. The quantitative estimate of drug-likeness (QED) is 0.576. The van der Waals surface area contributed by atoms with Crippen molar-refractivity contribution in [1.29, 1.82) is 5.26 Å². The lowest BCUT2D eigenvalue weighted by Gasteiger charge is -2.27. The lowest BCUT2D eigenvalue weighted by molar-refractivity contribution is 0.423. The third-order valence-corrected chi connectivity index (χ3v) is 5.01. The molecule has 0 aliphatic carbocycles. The minimum atomic E-state index is -0.898. The van der Waals surface area contributed by atoms with Gasteiger partial charge in [0.2, 0.25) is 0 Å². The van der Waals surface area contributed by atoms with Crippen molar-refractivity contribution in [2.75, 3.05) is 0 Å². The van der Waals surface area contributed by atoms with Crippen LogP contribution in [0.5, 0.6) is 5.75 Å². The number of halogens is 2. The summed E-state index contributed by atoms with van der Waals surface area (Å²) in [6.45, 7) is 11.7. The smallest absolute Gasteiger partial charge is 0.317 e. The molecule has 0 heterocycles. The molecular formula is C16H19F2NOSi. The molecule has 0 bridgehead atoms. The molecule has 0 fully saturated rings. The molecule has 1 rings (SSSR count). The zero-order chi connectivity index (χ0) is 16.2. The second kappa shape index (κ2) is 6.86. The Morgan fingerprint density at radius 1 is 1.43 bits per heavy atom. The lowest BCUT2D eigenvalue weighted by atomic mass is 9.99. The predicted octanol–water partition coefficient (Wildman–Crippen LogP) is 4.42. The van der Waals surface area contributed by atoms with Crippen molar-refractivity contribution in [3.8, 4) is 11.8 Å². The van der Waals surface area contributed by atoms with E-state index in [9.17, 15) is 8.78 Å². The molecule has 0 aromatic heterocycles. The second-order valence-corrected chi connectivity index (χ2v) is 7.40. The summed E-state index contributed by atoms with van der Waals surface area (Å²) >= 11 is 0. The highest BCUT2D eigenvalue weighted by Crippen LogP contribution is 2.36. The van der Waals surface area contributed by atoms with Crippen LogP contribution in [-0.4, -0.2) is 9.76 Å². The summed E-state index contributed by atoms with van der Waals surface area (Å²) in [6.07, 6.45) is 1.68. The van der Waals surface area contributed by atoms with E-state index < -0.39 is 11.6 Å². The van der Waals surface area contributed by atoms with Crippen LogP contribution >= 0.6 is 0 Å². The first-order chi connectivity index (χ1) is 9.74. The Hall–Kier alpha value is -1.67. The van der Waals surface area contributed by atoms with Crippen molar-refractivity contribution in [3.63, 3.8) is 0 Å². The van der Waals surface area contributed by atoms with Crippen molar-refractivity contribution < 1.29 is 13.2 Å². The molecule has 0 spiro atoms. The van der Waals surface area contributed by atoms with Gasteiger partial charge >= 0.3 is 9.76 Å². The largest absolute Gasteiger partial charge is 0.539 e. The van der Waals surface area contributed by atoms with E-state index in [1.54, 1.807) is 6.07 Å². The third kappa shape index (κ3) is 3.91. The highest BCUT2D eigenvalue weighted by molar-refractivity contribution is 6.33. The van der Waals surface area contributed by atoms with Gasteiger partial charge in [-0.3, -0.25) is 0 Å². The van der Waals surface area contributed by atoms with Crippen LogP contribution in [-0.2, 0) is 6.42 Å². The summed E-state index contributed by atoms with van der Waals surface area (Å²) in [5.41, 5.74) is -0.0738. The van der Waals surface area contributed by atoms with Gasteiger partial charge < -0.3 is 4.43 Å². The van der Waals surface area contributed by atoms with E-state index in [1.807, 2.05) is 13.8 Å². The topological polar surface area (TPSA) is 33.0 Å². The minimum absolute atomic E-state index is 0.00181. The second-order valence-electron chi connectivity index (χ2n) is 5.71. The first kappa shape index (κ1) is 17.4. The maximum absolute atomic E-state index is 13.9. The first-order valence-electron chi connectivity index (χ1n) is 6.70. The number of benzene rings is 1. The average molecular weight is 307 g/mol. The van der Waals surface area contributed by atoms with Gasteiger partial charge in [0.15, 0.2) is 0 Å². The zero-order valence-corrected chi connectivity index (χ0v) is 13.8. The maximum Gasteiger partial charge on any atom is 0.317 e. The van der Waals surface area contributed by atoms with Crippen LogP contribution in [0.2, 0.25) is 5.04 Å². The van der Waals surface area contributed by atoms with Gasteiger partial charge in [-0.2, -0.15) is 5.26 Å². The normalized spacial score (nSPS) is 11.3. The molecule has 2 radical (unpaired) electrons. The average Bonchev–Trinajstić information content (AvgIpc) is 2.39. The fraction of sp³-hybridized carbons (Fsp3) is 0.438. The van der Waals surface area contributed by atoms with E-state index in [2.05, 4.69) is 20.4 Å². The molecule has 2 nitrogen and oxygen atoms in total. The van der Waals surface area contributed by atoms with Crippen molar-refractivity contribution in [2.45, 2.75) is 39.2 Å². The number of hydrogen-bond acceptors (Lipinski definition) is 2. The summed E-state index contributed by atoms with van der Waals surface area (Å²) in [6, 6.07) is 2.48. The molecule has 1 aromatic carbocycles. The Labute approximate surface area is 127 Å². The van der Waals surface area contributed by atoms with E-state index in [1.165, 1.54) is 6.08 Å². The zero-order valence-electron chi connectivity index (χ0n) is 12.8. The molecule has 0 N–H and O–H groups in total. The van der Waals surface area contributed by atoms with Gasteiger partial charge in [0.25, 0.3) is 0 Å². The first-order valence-corrected chi connectivity index (χ1v) is 7.61. The van der Waals surface area contributed by atoms with Crippen LogP contribution in [0.4, 0.5) is 8.78 Å². The fourth-order valence-corrected chi connectivity index (χ4v) is 2.32. The molecule has 5 heteroatoms. The summed E-state index contributed by atoms with van der Waals surface area (Å²) in [4.78, 5) is 0. The molecule has 0 saturated heterocycles. The van der Waals surface area contributed by atoms with Crippen LogP contribution in [0.3, 0.4) is 0 Å². The molecular weight excluding hydrogens is 288 g/mol. The lowest BCUT2D eigenvalue weighted by Crippen LogP contribution is -2.25. The number of hydrogen-bond donors (Lipinski definition) is 0. The van der Waals surface area contributed by atoms with Crippen molar-refractivity contribution in [3.05, 3.63) is 41.5 Å². The Morgan fingerprint density at radius 3 is 2.52 bits per heavy atom. The highest BCUT2D eigenvalue weighted by Gasteiger charge is 2.28. The Balaban J connectivity index is 3.26. The SMILES string of the molecule is C=CCc1c(F)cc(F)c(C#N)c1O[Si]C(C)(C)C(C)C. The molecule has 0 saturated carbocycles. The van der Waals surface area contributed by atoms with Crippen LogP contribution in [0, 0.1) is 28.9 Å². The van der Waals surface area contributed by atoms with Gasteiger partial charge in [-0.05, 0) is 17.4 Å². The van der Waals surface area contributed by atoms with Gasteiger partial charge in [-0.25, -0.2) is 8.78 Å².